The molecule has 0 unspecified atom stereocenters. The van der Waals surface area contributed by atoms with Gasteiger partial charge in [0, 0.05) is 38.7 Å². The molecular weight excluding hydrogens is 320 g/mol. The Morgan fingerprint density at radius 3 is 2.92 bits per heavy atom. The van der Waals surface area contributed by atoms with Crippen molar-refractivity contribution < 1.29 is 9.90 Å². The van der Waals surface area contributed by atoms with Crippen LogP contribution in [-0.4, -0.2) is 67.9 Å². The van der Waals surface area contributed by atoms with Crippen LogP contribution in [0.25, 0.3) is 0 Å². The summed E-state index contributed by atoms with van der Waals surface area (Å²) in [5, 5.41) is 15.1. The number of aromatic nitrogens is 4. The molecule has 1 atom stereocenters. The van der Waals surface area contributed by atoms with Gasteiger partial charge in [-0.3, -0.25) is 14.5 Å². The van der Waals surface area contributed by atoms with Crippen LogP contribution < -0.4 is 4.90 Å². The van der Waals surface area contributed by atoms with Crippen LogP contribution in [0, 0.1) is 6.92 Å². The van der Waals surface area contributed by atoms with Crippen molar-refractivity contribution in [2.75, 3.05) is 31.6 Å². The summed E-state index contributed by atoms with van der Waals surface area (Å²) in [4.78, 5) is 24.4. The highest BCUT2D eigenvalue weighted by atomic mass is 16.3. The molecule has 3 rings (SSSR count). The van der Waals surface area contributed by atoms with Gasteiger partial charge in [-0.05, 0) is 25.3 Å². The zero-order valence-corrected chi connectivity index (χ0v) is 14.7. The predicted octanol–water partition coefficient (Wildman–Crippen LogP) is 0.471. The summed E-state index contributed by atoms with van der Waals surface area (Å²) in [7, 11) is 1.72. The van der Waals surface area contributed by atoms with Crippen LogP contribution in [0.2, 0.25) is 0 Å². The van der Waals surface area contributed by atoms with Gasteiger partial charge >= 0.3 is 0 Å². The molecule has 0 saturated carbocycles. The van der Waals surface area contributed by atoms with Crippen LogP contribution in [0.1, 0.15) is 18.4 Å². The number of hydrogen-bond donors (Lipinski definition) is 1. The Morgan fingerprint density at radius 2 is 2.24 bits per heavy atom. The first-order valence-corrected chi connectivity index (χ1v) is 8.42. The Kier molecular flexibility index (Phi) is 4.98. The fraction of sp³-hybridized carbons (Fsp3) is 0.529. The number of amides is 1. The first-order chi connectivity index (χ1) is 12.0. The number of anilines is 1. The maximum atomic E-state index is 12.4. The monoisotopic (exact) mass is 344 g/mol. The molecule has 0 aromatic carbocycles. The number of piperidine rings is 1. The Hall–Kier alpha value is -2.48. The van der Waals surface area contributed by atoms with E-state index < -0.39 is 5.60 Å². The Labute approximate surface area is 147 Å². The number of rotatable bonds is 5. The molecule has 2 aromatic heterocycles. The van der Waals surface area contributed by atoms with E-state index in [9.17, 15) is 9.90 Å². The smallest absolute Gasteiger partial charge is 0.244 e. The Morgan fingerprint density at radius 1 is 1.40 bits per heavy atom. The molecule has 1 saturated heterocycles. The highest BCUT2D eigenvalue weighted by Gasteiger charge is 2.36. The molecule has 134 valence electrons. The molecule has 0 bridgehead atoms. The topological polar surface area (TPSA) is 87.4 Å². The maximum Gasteiger partial charge on any atom is 0.244 e. The van der Waals surface area contributed by atoms with Crippen molar-refractivity contribution >= 4 is 11.7 Å². The molecule has 1 aliphatic rings. The Balaban J connectivity index is 1.61. The van der Waals surface area contributed by atoms with Gasteiger partial charge in [0.05, 0.1) is 24.5 Å². The van der Waals surface area contributed by atoms with E-state index in [1.165, 1.54) is 0 Å². The van der Waals surface area contributed by atoms with Crippen molar-refractivity contribution in [2.24, 2.45) is 0 Å². The predicted molar refractivity (Wildman–Crippen MR) is 93.0 cm³/mol. The largest absolute Gasteiger partial charge is 0.386 e. The van der Waals surface area contributed by atoms with Gasteiger partial charge in [0.25, 0.3) is 0 Å². The van der Waals surface area contributed by atoms with E-state index in [0.29, 0.717) is 13.0 Å². The van der Waals surface area contributed by atoms with Crippen molar-refractivity contribution in [2.45, 2.75) is 31.9 Å². The minimum Gasteiger partial charge on any atom is -0.386 e. The third-order valence-corrected chi connectivity index (χ3v) is 4.45. The number of aliphatic hydroxyl groups is 1. The fourth-order valence-corrected chi connectivity index (χ4v) is 3.23. The van der Waals surface area contributed by atoms with Crippen molar-refractivity contribution in [1.82, 2.24) is 24.6 Å². The fourth-order valence-electron chi connectivity index (χ4n) is 3.23. The quantitative estimate of drug-likeness (QED) is 0.848. The van der Waals surface area contributed by atoms with Gasteiger partial charge in [0.2, 0.25) is 5.91 Å². The average molecular weight is 344 g/mol. The molecule has 2 aromatic rings. The summed E-state index contributed by atoms with van der Waals surface area (Å²) in [6, 6.07) is 0. The molecule has 8 heteroatoms. The van der Waals surface area contributed by atoms with Crippen LogP contribution in [-0.2, 0) is 11.3 Å². The van der Waals surface area contributed by atoms with E-state index in [1.807, 2.05) is 18.0 Å². The lowest BCUT2D eigenvalue weighted by atomic mass is 9.92. The number of hydrogen-bond acceptors (Lipinski definition) is 6. The van der Waals surface area contributed by atoms with Crippen LogP contribution in [0.5, 0.6) is 0 Å². The van der Waals surface area contributed by atoms with Gasteiger partial charge in [0.15, 0.2) is 0 Å². The second-order valence-corrected chi connectivity index (χ2v) is 6.78. The molecular formula is C17H24N6O2. The Bertz CT molecular complexity index is 719. The minimum atomic E-state index is -0.958. The van der Waals surface area contributed by atoms with Crippen molar-refractivity contribution in [3.63, 3.8) is 0 Å². The van der Waals surface area contributed by atoms with E-state index in [2.05, 4.69) is 15.1 Å². The highest BCUT2D eigenvalue weighted by molar-refractivity contribution is 5.75. The normalized spacial score (nSPS) is 20.5. The second kappa shape index (κ2) is 7.18. The number of carbonyl (C=O) groups excluding carboxylic acids is 1. The zero-order valence-electron chi connectivity index (χ0n) is 14.7. The highest BCUT2D eigenvalue weighted by Crippen LogP contribution is 2.25. The summed E-state index contributed by atoms with van der Waals surface area (Å²) in [6.07, 6.45) is 10.0. The second-order valence-electron chi connectivity index (χ2n) is 6.78. The van der Waals surface area contributed by atoms with Gasteiger partial charge in [0.1, 0.15) is 12.4 Å². The molecule has 3 heterocycles. The number of aryl methyl sites for hydroxylation is 1. The molecule has 1 amide bonds. The molecule has 1 fully saturated rings. The standard InChI is InChI=1S/C17H24N6O2/c1-14-8-20-23(10-14)11-16(24)21(2)12-17(25)4-3-7-22(13-17)15-9-18-5-6-19-15/h5-6,8-10,25H,3-4,7,11-13H2,1-2H3/t17-/m0/s1. The van der Waals surface area contributed by atoms with Crippen LogP contribution >= 0.6 is 0 Å². The third kappa shape index (κ3) is 4.33. The first kappa shape index (κ1) is 17.3. The summed E-state index contributed by atoms with van der Waals surface area (Å²) in [6.45, 7) is 3.65. The van der Waals surface area contributed by atoms with Gasteiger partial charge in [-0.1, -0.05) is 0 Å². The van der Waals surface area contributed by atoms with Crippen LogP contribution in [0.4, 0.5) is 5.82 Å². The minimum absolute atomic E-state index is 0.0758. The lowest BCUT2D eigenvalue weighted by molar-refractivity contribution is -0.134. The number of nitrogens with zero attached hydrogens (tertiary/aromatic N) is 6. The number of β-amino-alcohol motifs (C(OH)–C–C–N with tert-alkyl or cyclic N) is 1. The summed E-state index contributed by atoms with van der Waals surface area (Å²) in [5.74, 6) is 0.676. The molecule has 0 aliphatic carbocycles. The van der Waals surface area contributed by atoms with E-state index in [4.69, 9.17) is 0 Å². The molecule has 25 heavy (non-hydrogen) atoms. The summed E-state index contributed by atoms with van der Waals surface area (Å²) >= 11 is 0. The van der Waals surface area contributed by atoms with Crippen LogP contribution in [0.3, 0.4) is 0 Å². The molecule has 0 radical (unpaired) electrons. The SMILES string of the molecule is Cc1cnn(CC(=O)N(C)C[C@@]2(O)CCCN(c3cnccn3)C2)c1. The maximum absolute atomic E-state index is 12.4. The van der Waals surface area contributed by atoms with Gasteiger partial charge in [-0.2, -0.15) is 5.10 Å². The van der Waals surface area contributed by atoms with E-state index in [0.717, 1.165) is 24.3 Å². The van der Waals surface area contributed by atoms with E-state index in [1.54, 1.807) is 41.4 Å². The summed E-state index contributed by atoms with van der Waals surface area (Å²) < 4.78 is 1.62. The van der Waals surface area contributed by atoms with Crippen molar-refractivity contribution in [3.05, 3.63) is 36.5 Å². The van der Waals surface area contributed by atoms with Gasteiger partial charge in [-0.25, -0.2) is 4.98 Å². The number of carbonyl (C=O) groups is 1. The first-order valence-electron chi connectivity index (χ1n) is 8.42. The molecule has 8 nitrogen and oxygen atoms in total. The molecule has 1 aliphatic heterocycles. The number of likely N-dealkylation sites (N-methyl/N-ethyl adjacent to an activating group) is 1. The summed E-state index contributed by atoms with van der Waals surface area (Å²) in [5.41, 5.74) is 0.0567. The lowest BCUT2D eigenvalue weighted by Gasteiger charge is -2.41. The van der Waals surface area contributed by atoms with Gasteiger partial charge in [-0.15, -0.1) is 0 Å². The van der Waals surface area contributed by atoms with E-state index in [-0.39, 0.29) is 19.0 Å². The third-order valence-electron chi connectivity index (χ3n) is 4.45. The van der Waals surface area contributed by atoms with E-state index >= 15 is 0 Å². The van der Waals surface area contributed by atoms with Crippen LogP contribution in [0.15, 0.2) is 31.0 Å². The van der Waals surface area contributed by atoms with Gasteiger partial charge < -0.3 is 14.9 Å². The van der Waals surface area contributed by atoms with Crippen molar-refractivity contribution in [1.29, 1.82) is 0 Å². The van der Waals surface area contributed by atoms with Crippen molar-refractivity contribution in [3.8, 4) is 0 Å². The molecule has 1 N–H and O–H groups in total. The zero-order chi connectivity index (χ0) is 17.9. The average Bonchev–Trinajstić information content (AvgIpc) is 3.00. The lowest BCUT2D eigenvalue weighted by Crippen LogP contribution is -2.55. The molecule has 0 spiro atoms.